The van der Waals surface area contributed by atoms with Crippen molar-refractivity contribution in [3.05, 3.63) is 42.0 Å². The van der Waals surface area contributed by atoms with E-state index in [1.807, 2.05) is 31.3 Å². The van der Waals surface area contributed by atoms with E-state index in [0.29, 0.717) is 23.8 Å². The smallest absolute Gasteiger partial charge is 0.203 e. The Morgan fingerprint density at radius 2 is 1.52 bits per heavy atom. The molecular formula is C23H32N4O4. The lowest BCUT2D eigenvalue weighted by Crippen LogP contribution is -2.52. The summed E-state index contributed by atoms with van der Waals surface area (Å²) >= 11 is 0. The van der Waals surface area contributed by atoms with E-state index in [-0.39, 0.29) is 0 Å². The van der Waals surface area contributed by atoms with Crippen LogP contribution in [0, 0.1) is 0 Å². The van der Waals surface area contributed by atoms with Crippen LogP contribution in [-0.2, 0) is 6.54 Å². The van der Waals surface area contributed by atoms with Crippen molar-refractivity contribution in [2.75, 3.05) is 66.6 Å². The fourth-order valence-electron chi connectivity index (χ4n) is 3.78. The van der Waals surface area contributed by atoms with E-state index in [1.165, 1.54) is 5.69 Å². The minimum Gasteiger partial charge on any atom is -0.497 e. The van der Waals surface area contributed by atoms with Crippen molar-refractivity contribution in [3.8, 4) is 23.0 Å². The van der Waals surface area contributed by atoms with Gasteiger partial charge >= 0.3 is 0 Å². The molecular weight excluding hydrogens is 396 g/mol. The monoisotopic (exact) mass is 428 g/mol. The summed E-state index contributed by atoms with van der Waals surface area (Å²) < 4.78 is 21.7. The molecule has 0 unspecified atom stereocenters. The molecule has 8 heteroatoms. The molecule has 0 saturated carbocycles. The van der Waals surface area contributed by atoms with Gasteiger partial charge in [-0.15, -0.1) is 0 Å². The number of piperazine rings is 1. The molecule has 0 atom stereocenters. The maximum atomic E-state index is 5.59. The van der Waals surface area contributed by atoms with Gasteiger partial charge < -0.3 is 34.1 Å². The van der Waals surface area contributed by atoms with E-state index >= 15 is 0 Å². The van der Waals surface area contributed by atoms with Gasteiger partial charge in [-0.2, -0.15) is 0 Å². The average molecular weight is 429 g/mol. The van der Waals surface area contributed by atoms with Gasteiger partial charge in [0.25, 0.3) is 0 Å². The summed E-state index contributed by atoms with van der Waals surface area (Å²) in [5.41, 5.74) is 2.18. The molecule has 1 N–H and O–H groups in total. The zero-order valence-electron chi connectivity index (χ0n) is 19.0. The molecule has 8 nitrogen and oxygen atoms in total. The number of guanidine groups is 1. The van der Waals surface area contributed by atoms with Crippen molar-refractivity contribution in [3.63, 3.8) is 0 Å². The number of hydrogen-bond acceptors (Lipinski definition) is 6. The first-order chi connectivity index (χ1) is 15.1. The minimum atomic E-state index is 0.564. The van der Waals surface area contributed by atoms with Crippen molar-refractivity contribution < 1.29 is 18.9 Å². The van der Waals surface area contributed by atoms with Gasteiger partial charge in [-0.3, -0.25) is 4.99 Å². The second-order valence-corrected chi connectivity index (χ2v) is 7.07. The molecule has 0 amide bonds. The number of anilines is 1. The maximum Gasteiger partial charge on any atom is 0.203 e. The molecule has 1 saturated heterocycles. The molecule has 2 aromatic rings. The molecule has 0 bridgehead atoms. The molecule has 0 aromatic heterocycles. The van der Waals surface area contributed by atoms with Crippen molar-refractivity contribution in [2.45, 2.75) is 6.54 Å². The first kappa shape index (κ1) is 22.4. The summed E-state index contributed by atoms with van der Waals surface area (Å²) in [4.78, 5) is 9.13. The number of hydrogen-bond donors (Lipinski definition) is 1. The maximum absolute atomic E-state index is 5.59. The third kappa shape index (κ3) is 5.07. The van der Waals surface area contributed by atoms with Gasteiger partial charge in [0.15, 0.2) is 17.5 Å². The van der Waals surface area contributed by atoms with Crippen LogP contribution < -0.4 is 29.2 Å². The van der Waals surface area contributed by atoms with E-state index in [2.05, 4.69) is 32.2 Å². The fraction of sp³-hybridized carbons (Fsp3) is 0.435. The van der Waals surface area contributed by atoms with Gasteiger partial charge in [0.2, 0.25) is 5.75 Å². The quantitative estimate of drug-likeness (QED) is 0.537. The molecule has 0 spiro atoms. The van der Waals surface area contributed by atoms with Gasteiger partial charge in [0.05, 0.1) is 28.4 Å². The predicted octanol–water partition coefficient (Wildman–Crippen LogP) is 2.62. The molecule has 0 aliphatic carbocycles. The van der Waals surface area contributed by atoms with Crippen LogP contribution in [0.25, 0.3) is 0 Å². The number of aliphatic imine (C=N–C) groups is 1. The molecule has 168 valence electrons. The first-order valence-electron chi connectivity index (χ1n) is 10.3. The van der Waals surface area contributed by atoms with E-state index in [1.54, 1.807) is 28.4 Å². The number of rotatable bonds is 7. The second-order valence-electron chi connectivity index (χ2n) is 7.07. The summed E-state index contributed by atoms with van der Waals surface area (Å²) in [6.07, 6.45) is 0. The van der Waals surface area contributed by atoms with Gasteiger partial charge in [-0.1, -0.05) is 0 Å². The summed E-state index contributed by atoms with van der Waals surface area (Å²) in [5.74, 6) is 3.63. The van der Waals surface area contributed by atoms with Crippen molar-refractivity contribution >= 4 is 11.6 Å². The minimum absolute atomic E-state index is 0.564. The van der Waals surface area contributed by atoms with Gasteiger partial charge in [-0.05, 0) is 36.4 Å². The van der Waals surface area contributed by atoms with Crippen LogP contribution in [0.4, 0.5) is 5.69 Å². The van der Waals surface area contributed by atoms with Crippen molar-refractivity contribution in [2.24, 2.45) is 4.99 Å². The first-order valence-corrected chi connectivity index (χ1v) is 10.3. The topological polar surface area (TPSA) is 67.8 Å². The Balaban J connectivity index is 1.61. The molecule has 3 rings (SSSR count). The third-order valence-electron chi connectivity index (χ3n) is 5.45. The Bertz CT molecular complexity index is 878. The number of methoxy groups -OCH3 is 4. The molecule has 31 heavy (non-hydrogen) atoms. The number of benzene rings is 2. The van der Waals surface area contributed by atoms with E-state index in [0.717, 1.165) is 43.5 Å². The van der Waals surface area contributed by atoms with Crippen LogP contribution in [0.3, 0.4) is 0 Å². The average Bonchev–Trinajstić information content (AvgIpc) is 2.84. The standard InChI is InChI=1S/C23H32N4O4/c1-24-23(25-16-17-6-11-20(29-3)22(31-5)21(17)30-4)27-14-12-26(13-15-27)18-7-9-19(28-2)10-8-18/h6-11H,12-16H2,1-5H3,(H,24,25). The normalized spacial score (nSPS) is 14.3. The van der Waals surface area contributed by atoms with E-state index < -0.39 is 0 Å². The molecule has 2 aromatic carbocycles. The summed E-state index contributed by atoms with van der Waals surface area (Å²) in [5, 5.41) is 3.45. The molecule has 1 aliphatic rings. The Hall–Kier alpha value is -3.29. The van der Waals surface area contributed by atoms with E-state index in [9.17, 15) is 0 Å². The number of nitrogens with one attached hydrogen (secondary N) is 1. The molecule has 0 radical (unpaired) electrons. The lowest BCUT2D eigenvalue weighted by Gasteiger charge is -2.37. The highest BCUT2D eigenvalue weighted by Gasteiger charge is 2.21. The highest BCUT2D eigenvalue weighted by molar-refractivity contribution is 5.80. The van der Waals surface area contributed by atoms with Crippen LogP contribution in [0.2, 0.25) is 0 Å². The lowest BCUT2D eigenvalue weighted by atomic mass is 10.1. The zero-order valence-corrected chi connectivity index (χ0v) is 19.0. The predicted molar refractivity (Wildman–Crippen MR) is 123 cm³/mol. The highest BCUT2D eigenvalue weighted by Crippen LogP contribution is 2.39. The fourth-order valence-corrected chi connectivity index (χ4v) is 3.78. The van der Waals surface area contributed by atoms with E-state index in [4.69, 9.17) is 18.9 Å². The van der Waals surface area contributed by atoms with Crippen LogP contribution >= 0.6 is 0 Å². The molecule has 1 heterocycles. The molecule has 1 fully saturated rings. The van der Waals surface area contributed by atoms with Crippen LogP contribution in [0.1, 0.15) is 5.56 Å². The van der Waals surface area contributed by atoms with Crippen LogP contribution in [0.15, 0.2) is 41.4 Å². The van der Waals surface area contributed by atoms with Gasteiger partial charge in [0, 0.05) is 51.0 Å². The zero-order chi connectivity index (χ0) is 22.2. The second kappa shape index (κ2) is 10.7. The third-order valence-corrected chi connectivity index (χ3v) is 5.45. The Labute approximate surface area is 184 Å². The molecule has 1 aliphatic heterocycles. The Kier molecular flexibility index (Phi) is 7.70. The SMILES string of the molecule is CN=C(NCc1ccc(OC)c(OC)c1OC)N1CCN(c2ccc(OC)cc2)CC1. The summed E-state index contributed by atoms with van der Waals surface area (Å²) in [7, 11) is 8.35. The Morgan fingerprint density at radius 3 is 2.06 bits per heavy atom. The number of ether oxygens (including phenoxy) is 4. The van der Waals surface area contributed by atoms with Crippen LogP contribution in [-0.4, -0.2) is 72.5 Å². The van der Waals surface area contributed by atoms with Crippen molar-refractivity contribution in [1.82, 2.24) is 10.2 Å². The number of nitrogens with zero attached hydrogens (tertiary/aromatic N) is 3. The van der Waals surface area contributed by atoms with Crippen LogP contribution in [0.5, 0.6) is 23.0 Å². The summed E-state index contributed by atoms with van der Waals surface area (Å²) in [6, 6.07) is 12.1. The Morgan fingerprint density at radius 1 is 0.839 bits per heavy atom. The lowest BCUT2D eigenvalue weighted by molar-refractivity contribution is 0.321. The van der Waals surface area contributed by atoms with Crippen molar-refractivity contribution in [1.29, 1.82) is 0 Å². The van der Waals surface area contributed by atoms with Gasteiger partial charge in [0.1, 0.15) is 5.75 Å². The summed E-state index contributed by atoms with van der Waals surface area (Å²) in [6.45, 7) is 4.18. The highest BCUT2D eigenvalue weighted by atomic mass is 16.5. The van der Waals surface area contributed by atoms with Gasteiger partial charge in [-0.25, -0.2) is 0 Å². The largest absolute Gasteiger partial charge is 0.497 e.